The first kappa shape index (κ1) is 31.1. The average molecular weight is 642 g/mol. The first-order valence-corrected chi connectivity index (χ1v) is 17.3. The molecule has 6 aromatic rings. The molecule has 2 atom stereocenters. The van der Waals surface area contributed by atoms with Gasteiger partial charge in [0.25, 0.3) is 0 Å². The molecule has 244 valence electrons. The number of hydrogen-bond donors (Lipinski definition) is 1. The standard InChI is InChI=1S/C45H43N3O/c1-43(2,3)30-20-22-38-36(27-30)37-28-31(44(4,5)6)21-23-39(37)45(38,41-19-9-10-24-46-41)32-14-12-16-34(26-32)49-33-15-11-13-29(25-33)42-35-17-7-8-18-40(35)47-48-42/h7-20,22-28,31H,21H2,1-6H3,(H,47,48)/t31?,45-/m0/s1. The molecule has 8 rings (SSSR count). The van der Waals surface area contributed by atoms with Gasteiger partial charge in [0.1, 0.15) is 17.2 Å². The molecule has 0 aliphatic heterocycles. The summed E-state index contributed by atoms with van der Waals surface area (Å²) in [5.41, 5.74) is 11.3. The van der Waals surface area contributed by atoms with Crippen molar-refractivity contribution in [3.05, 3.63) is 161 Å². The largest absolute Gasteiger partial charge is 0.457 e. The van der Waals surface area contributed by atoms with Gasteiger partial charge in [-0.05, 0) is 99.0 Å². The summed E-state index contributed by atoms with van der Waals surface area (Å²) < 4.78 is 6.67. The number of H-pyrrole nitrogens is 1. The molecule has 0 fully saturated rings. The van der Waals surface area contributed by atoms with E-state index in [9.17, 15) is 0 Å². The third-order valence-electron chi connectivity index (χ3n) is 10.5. The van der Waals surface area contributed by atoms with Gasteiger partial charge in [-0.1, -0.05) is 120 Å². The van der Waals surface area contributed by atoms with Crippen LogP contribution < -0.4 is 4.74 Å². The Kier molecular flexibility index (Phi) is 7.26. The van der Waals surface area contributed by atoms with Crippen molar-refractivity contribution in [2.75, 3.05) is 0 Å². The number of hydrogen-bond acceptors (Lipinski definition) is 3. The number of rotatable bonds is 5. The monoisotopic (exact) mass is 641 g/mol. The Labute approximate surface area is 289 Å². The van der Waals surface area contributed by atoms with Crippen molar-refractivity contribution < 1.29 is 4.74 Å². The summed E-state index contributed by atoms with van der Waals surface area (Å²) in [6, 6.07) is 38.4. The number of para-hydroxylation sites is 1. The van der Waals surface area contributed by atoms with E-state index in [-0.39, 0.29) is 10.8 Å². The number of nitrogens with one attached hydrogen (secondary N) is 1. The van der Waals surface area contributed by atoms with Crippen molar-refractivity contribution in [2.24, 2.45) is 11.3 Å². The molecule has 4 nitrogen and oxygen atoms in total. The summed E-state index contributed by atoms with van der Waals surface area (Å²) >= 11 is 0. The van der Waals surface area contributed by atoms with E-state index < -0.39 is 5.41 Å². The van der Waals surface area contributed by atoms with Gasteiger partial charge in [0.05, 0.1) is 16.6 Å². The van der Waals surface area contributed by atoms with E-state index in [1.165, 1.54) is 27.8 Å². The van der Waals surface area contributed by atoms with Crippen molar-refractivity contribution >= 4 is 16.5 Å². The SMILES string of the molecule is CC(C)(C)c1ccc2c(c1)C1=CC(C(C)(C)C)CC=C1[C@@]2(c1cccc(Oc2cccc(-c3n[nH]c4ccccc34)c2)c1)c1ccccn1. The highest BCUT2D eigenvalue weighted by molar-refractivity contribution is 5.95. The minimum Gasteiger partial charge on any atom is -0.457 e. The molecule has 1 N–H and O–H groups in total. The second-order valence-electron chi connectivity index (χ2n) is 15.7. The maximum Gasteiger partial charge on any atom is 0.128 e. The molecule has 2 aromatic heterocycles. The fourth-order valence-corrected chi connectivity index (χ4v) is 7.75. The van der Waals surface area contributed by atoms with E-state index in [4.69, 9.17) is 9.72 Å². The number of fused-ring (bicyclic) bond motifs is 4. The molecular weight excluding hydrogens is 599 g/mol. The Balaban J connectivity index is 1.28. The number of aromatic amines is 1. The van der Waals surface area contributed by atoms with Crippen LogP contribution in [-0.2, 0) is 10.8 Å². The molecule has 2 aliphatic carbocycles. The van der Waals surface area contributed by atoms with Gasteiger partial charge in [-0.3, -0.25) is 10.1 Å². The van der Waals surface area contributed by atoms with Crippen LogP contribution in [0.4, 0.5) is 0 Å². The highest BCUT2D eigenvalue weighted by Crippen LogP contribution is 2.60. The van der Waals surface area contributed by atoms with Gasteiger partial charge in [-0.15, -0.1) is 0 Å². The van der Waals surface area contributed by atoms with Gasteiger partial charge in [0.2, 0.25) is 0 Å². The maximum absolute atomic E-state index is 6.67. The zero-order valence-corrected chi connectivity index (χ0v) is 29.2. The number of ether oxygens (including phenoxy) is 1. The fourth-order valence-electron chi connectivity index (χ4n) is 7.75. The predicted molar refractivity (Wildman–Crippen MR) is 201 cm³/mol. The molecular formula is C45H43N3O. The van der Waals surface area contributed by atoms with Gasteiger partial charge in [0, 0.05) is 17.1 Å². The molecule has 1 unspecified atom stereocenters. The van der Waals surface area contributed by atoms with Crippen molar-refractivity contribution in [3.63, 3.8) is 0 Å². The van der Waals surface area contributed by atoms with Crippen molar-refractivity contribution in [1.82, 2.24) is 15.2 Å². The molecule has 2 heterocycles. The molecule has 0 amide bonds. The molecule has 0 saturated carbocycles. The van der Waals surface area contributed by atoms with Crippen molar-refractivity contribution in [2.45, 2.75) is 58.8 Å². The van der Waals surface area contributed by atoms with E-state index in [0.717, 1.165) is 51.3 Å². The van der Waals surface area contributed by atoms with E-state index in [1.54, 1.807) is 0 Å². The van der Waals surface area contributed by atoms with E-state index >= 15 is 0 Å². The van der Waals surface area contributed by atoms with E-state index in [1.807, 2.05) is 48.7 Å². The van der Waals surface area contributed by atoms with E-state index in [0.29, 0.717) is 5.92 Å². The van der Waals surface area contributed by atoms with Gasteiger partial charge in [-0.2, -0.15) is 5.10 Å². The van der Waals surface area contributed by atoms with Crippen LogP contribution in [0.15, 0.2) is 133 Å². The zero-order valence-electron chi connectivity index (χ0n) is 29.2. The Morgan fingerprint density at radius 3 is 2.33 bits per heavy atom. The van der Waals surface area contributed by atoms with Gasteiger partial charge >= 0.3 is 0 Å². The summed E-state index contributed by atoms with van der Waals surface area (Å²) in [4.78, 5) is 5.10. The fraction of sp³-hybridized carbons (Fsp3) is 0.244. The third-order valence-corrected chi connectivity index (χ3v) is 10.5. The van der Waals surface area contributed by atoms with Gasteiger partial charge in [0.15, 0.2) is 0 Å². The highest BCUT2D eigenvalue weighted by Gasteiger charge is 2.51. The summed E-state index contributed by atoms with van der Waals surface area (Å²) in [6.07, 6.45) is 7.97. The molecule has 0 saturated heterocycles. The second kappa shape index (κ2) is 11.4. The van der Waals surface area contributed by atoms with Crippen LogP contribution in [0.2, 0.25) is 0 Å². The number of aromatic nitrogens is 3. The minimum atomic E-state index is -0.586. The molecule has 0 spiro atoms. The first-order chi connectivity index (χ1) is 23.5. The Bertz CT molecular complexity index is 2260. The van der Waals surface area contributed by atoms with Gasteiger partial charge < -0.3 is 4.74 Å². The summed E-state index contributed by atoms with van der Waals surface area (Å²) in [7, 11) is 0. The van der Waals surface area contributed by atoms with Gasteiger partial charge in [-0.25, -0.2) is 0 Å². The lowest BCUT2D eigenvalue weighted by atomic mass is 9.66. The Morgan fingerprint density at radius 2 is 1.55 bits per heavy atom. The maximum atomic E-state index is 6.67. The molecule has 49 heavy (non-hydrogen) atoms. The topological polar surface area (TPSA) is 50.8 Å². The van der Waals surface area contributed by atoms with Crippen LogP contribution in [0.5, 0.6) is 11.5 Å². The van der Waals surface area contributed by atoms with E-state index in [2.05, 4.69) is 131 Å². The highest BCUT2D eigenvalue weighted by atomic mass is 16.5. The Morgan fingerprint density at radius 1 is 0.776 bits per heavy atom. The summed E-state index contributed by atoms with van der Waals surface area (Å²) in [5, 5.41) is 8.88. The van der Waals surface area contributed by atoms with Crippen LogP contribution >= 0.6 is 0 Å². The third kappa shape index (κ3) is 5.22. The lowest BCUT2D eigenvalue weighted by molar-refractivity contribution is 0.293. The number of nitrogens with zero attached hydrogens (tertiary/aromatic N) is 2. The van der Waals surface area contributed by atoms with Crippen molar-refractivity contribution in [1.29, 1.82) is 0 Å². The van der Waals surface area contributed by atoms with Crippen LogP contribution in [0.25, 0.3) is 27.7 Å². The lowest BCUT2D eigenvalue weighted by Gasteiger charge is -2.36. The lowest BCUT2D eigenvalue weighted by Crippen LogP contribution is -2.31. The zero-order chi connectivity index (χ0) is 34.0. The smallest absolute Gasteiger partial charge is 0.128 e. The van der Waals surface area contributed by atoms with Crippen LogP contribution in [-0.4, -0.2) is 15.2 Å². The Hall–Kier alpha value is -5.22. The summed E-state index contributed by atoms with van der Waals surface area (Å²) in [5.74, 6) is 1.98. The minimum absolute atomic E-state index is 0.0261. The molecule has 4 aromatic carbocycles. The number of pyridine rings is 1. The predicted octanol–water partition coefficient (Wildman–Crippen LogP) is 11.4. The van der Waals surface area contributed by atoms with Crippen LogP contribution in [0.3, 0.4) is 0 Å². The average Bonchev–Trinajstić information content (AvgIpc) is 3.65. The summed E-state index contributed by atoms with van der Waals surface area (Å²) in [6.45, 7) is 13.9. The van der Waals surface area contributed by atoms with Crippen molar-refractivity contribution in [3.8, 4) is 22.8 Å². The normalized spacial score (nSPS) is 18.9. The first-order valence-electron chi connectivity index (χ1n) is 17.3. The molecule has 2 aliphatic rings. The number of benzene rings is 4. The molecule has 0 bridgehead atoms. The van der Waals surface area contributed by atoms with Crippen LogP contribution in [0, 0.1) is 11.3 Å². The number of allylic oxidation sites excluding steroid dienone is 4. The second-order valence-corrected chi connectivity index (χ2v) is 15.7. The quantitative estimate of drug-likeness (QED) is 0.204. The molecule has 0 radical (unpaired) electrons. The molecule has 4 heteroatoms. The van der Waals surface area contributed by atoms with Crippen LogP contribution in [0.1, 0.15) is 75.9 Å².